The van der Waals surface area contributed by atoms with Gasteiger partial charge in [0, 0.05) is 11.9 Å². The van der Waals surface area contributed by atoms with Gasteiger partial charge in [-0.25, -0.2) is 4.98 Å². The summed E-state index contributed by atoms with van der Waals surface area (Å²) in [6, 6.07) is 12.3. The van der Waals surface area contributed by atoms with Crippen LogP contribution in [0.4, 0.5) is 5.69 Å². The molecule has 3 aromatic rings. The van der Waals surface area contributed by atoms with Crippen molar-refractivity contribution in [2.45, 2.75) is 6.92 Å². The number of aromatic nitrogens is 3. The summed E-state index contributed by atoms with van der Waals surface area (Å²) >= 11 is 6.20. The van der Waals surface area contributed by atoms with Crippen LogP contribution in [0.1, 0.15) is 27.9 Å². The van der Waals surface area contributed by atoms with Crippen molar-refractivity contribution in [3.05, 3.63) is 70.8 Å². The third-order valence-corrected chi connectivity index (χ3v) is 4.49. The molecular formula is C20H15ClN4O3. The van der Waals surface area contributed by atoms with E-state index in [0.29, 0.717) is 29.6 Å². The highest BCUT2D eigenvalue weighted by Crippen LogP contribution is 2.30. The van der Waals surface area contributed by atoms with Gasteiger partial charge in [0.05, 0.1) is 6.61 Å². The second-order valence-electron chi connectivity index (χ2n) is 5.95. The van der Waals surface area contributed by atoms with E-state index >= 15 is 0 Å². The Bertz CT molecular complexity index is 1090. The number of aromatic amines is 1. The third kappa shape index (κ3) is 3.16. The van der Waals surface area contributed by atoms with E-state index in [1.54, 1.807) is 48.7 Å². The minimum absolute atomic E-state index is 0.0117. The first-order valence-corrected chi connectivity index (χ1v) is 8.96. The smallest absolute Gasteiger partial charge is 0.231 e. The molecular weight excluding hydrogens is 380 g/mol. The number of allylic oxidation sites excluding steroid dienone is 2. The van der Waals surface area contributed by atoms with E-state index in [9.17, 15) is 9.59 Å². The highest BCUT2D eigenvalue weighted by atomic mass is 35.5. The molecule has 0 bridgehead atoms. The summed E-state index contributed by atoms with van der Waals surface area (Å²) in [6.45, 7) is 2.45. The molecule has 140 valence electrons. The van der Waals surface area contributed by atoms with E-state index in [1.807, 2.05) is 6.92 Å². The molecule has 1 aliphatic rings. The summed E-state index contributed by atoms with van der Waals surface area (Å²) in [5.41, 5.74) is 1.19. The molecule has 28 heavy (non-hydrogen) atoms. The zero-order chi connectivity index (χ0) is 19.7. The quantitative estimate of drug-likeness (QED) is 0.683. The van der Waals surface area contributed by atoms with Gasteiger partial charge in [-0.1, -0.05) is 17.7 Å². The summed E-state index contributed by atoms with van der Waals surface area (Å²) in [4.78, 5) is 36.9. The lowest BCUT2D eigenvalue weighted by Gasteiger charge is -2.16. The van der Waals surface area contributed by atoms with Crippen molar-refractivity contribution < 1.29 is 14.3 Å². The number of Topliss-reactive ketones (excluding diaryl/α,β-unsaturated/α-hetero) is 2. The van der Waals surface area contributed by atoms with Gasteiger partial charge in [-0.2, -0.15) is 0 Å². The zero-order valence-electron chi connectivity index (χ0n) is 14.8. The van der Waals surface area contributed by atoms with Gasteiger partial charge in [0.15, 0.2) is 5.82 Å². The molecule has 0 radical (unpaired) electrons. The minimum Gasteiger partial charge on any atom is -0.494 e. The maximum atomic E-state index is 12.9. The van der Waals surface area contributed by atoms with Crippen molar-refractivity contribution in [1.29, 1.82) is 0 Å². The van der Waals surface area contributed by atoms with Gasteiger partial charge >= 0.3 is 0 Å². The number of carbonyl (C=O) groups excluding carboxylic acids is 2. The highest BCUT2D eigenvalue weighted by Gasteiger charge is 2.35. The van der Waals surface area contributed by atoms with E-state index in [4.69, 9.17) is 16.3 Å². The number of anilines is 1. The molecule has 0 fully saturated rings. The Labute approximate surface area is 165 Å². The van der Waals surface area contributed by atoms with Gasteiger partial charge in [0.2, 0.25) is 11.6 Å². The van der Waals surface area contributed by atoms with Crippen LogP contribution in [-0.2, 0) is 0 Å². The summed E-state index contributed by atoms with van der Waals surface area (Å²) in [6.07, 6.45) is 1.60. The van der Waals surface area contributed by atoms with Crippen LogP contribution in [0, 0.1) is 0 Å². The number of halogens is 1. The number of nitrogens with one attached hydrogen (secondary N) is 2. The van der Waals surface area contributed by atoms with Crippen LogP contribution in [0.3, 0.4) is 0 Å². The Morgan fingerprint density at radius 3 is 2.57 bits per heavy atom. The van der Waals surface area contributed by atoms with Crippen molar-refractivity contribution in [1.82, 2.24) is 15.0 Å². The molecule has 0 amide bonds. The van der Waals surface area contributed by atoms with Gasteiger partial charge in [-0.05, 0) is 43.3 Å². The first-order chi connectivity index (χ1) is 13.6. The fourth-order valence-corrected chi connectivity index (χ4v) is 3.05. The normalized spacial score (nSPS) is 13.5. The second kappa shape index (κ2) is 7.28. The number of ketones is 2. The fourth-order valence-electron chi connectivity index (χ4n) is 2.82. The largest absolute Gasteiger partial charge is 0.494 e. The summed E-state index contributed by atoms with van der Waals surface area (Å²) in [5.74, 6) is 0.0687. The molecule has 0 spiro atoms. The molecule has 0 saturated carbocycles. The number of imidazole rings is 1. The lowest BCUT2D eigenvalue weighted by Crippen LogP contribution is -2.24. The van der Waals surface area contributed by atoms with Gasteiger partial charge in [-0.15, -0.1) is 0 Å². The van der Waals surface area contributed by atoms with Gasteiger partial charge < -0.3 is 15.0 Å². The van der Waals surface area contributed by atoms with E-state index < -0.39 is 11.6 Å². The molecule has 2 aromatic heterocycles. The van der Waals surface area contributed by atoms with Gasteiger partial charge in [0.1, 0.15) is 33.6 Å². The zero-order valence-corrected chi connectivity index (χ0v) is 15.6. The van der Waals surface area contributed by atoms with Crippen molar-refractivity contribution in [2.75, 3.05) is 11.9 Å². The predicted molar refractivity (Wildman–Crippen MR) is 105 cm³/mol. The molecule has 0 aliphatic heterocycles. The first-order valence-electron chi connectivity index (χ1n) is 8.59. The van der Waals surface area contributed by atoms with E-state index in [1.165, 1.54) is 0 Å². The number of hydrogen-bond donors (Lipinski definition) is 2. The third-order valence-electron chi connectivity index (χ3n) is 4.13. The van der Waals surface area contributed by atoms with E-state index in [0.717, 1.165) is 0 Å². The fraction of sp³-hybridized carbons (Fsp3) is 0.100. The Morgan fingerprint density at radius 2 is 1.89 bits per heavy atom. The molecule has 1 aromatic carbocycles. The van der Waals surface area contributed by atoms with E-state index in [2.05, 4.69) is 20.3 Å². The molecule has 0 atom stereocenters. The molecule has 4 rings (SSSR count). The molecule has 7 nitrogen and oxygen atoms in total. The summed E-state index contributed by atoms with van der Waals surface area (Å²) in [7, 11) is 0. The highest BCUT2D eigenvalue weighted by molar-refractivity contribution is 6.50. The van der Waals surface area contributed by atoms with Gasteiger partial charge in [0.25, 0.3) is 0 Å². The molecule has 0 saturated heterocycles. The standard InChI is InChI=1S/C20H15ClN4O3/c1-2-28-12-8-6-11(7-9-12)23-15-14(21)18(26)16-17(19(15)27)25-20(24-16)13-5-3-4-10-22-13/h3-10,23H,2H2,1H3,(H,24,25). The maximum Gasteiger partial charge on any atom is 0.231 e. The maximum absolute atomic E-state index is 12.9. The molecule has 1 aliphatic carbocycles. The van der Waals surface area contributed by atoms with E-state index in [-0.39, 0.29) is 22.1 Å². The number of nitrogens with zero attached hydrogens (tertiary/aromatic N) is 2. The SMILES string of the molecule is CCOc1ccc(NC2=C(Cl)C(=O)c3[nH]c(-c4ccccn4)nc3C2=O)cc1. The van der Waals surface area contributed by atoms with Crippen LogP contribution in [0.2, 0.25) is 0 Å². The number of fused-ring (bicyclic) bond motifs is 1. The monoisotopic (exact) mass is 394 g/mol. The number of benzene rings is 1. The topological polar surface area (TPSA) is 97.0 Å². The molecule has 2 N–H and O–H groups in total. The predicted octanol–water partition coefficient (Wildman–Crippen LogP) is 3.81. The van der Waals surface area contributed by atoms with Crippen molar-refractivity contribution >= 4 is 28.9 Å². The summed E-state index contributed by atoms with van der Waals surface area (Å²) < 4.78 is 5.39. The van der Waals surface area contributed by atoms with Crippen LogP contribution < -0.4 is 10.1 Å². The number of hydrogen-bond acceptors (Lipinski definition) is 6. The lowest BCUT2D eigenvalue weighted by molar-refractivity contribution is 0.0977. The Balaban J connectivity index is 1.65. The Hall–Kier alpha value is -3.45. The average Bonchev–Trinajstić information content (AvgIpc) is 3.18. The average molecular weight is 395 g/mol. The number of H-pyrrole nitrogens is 1. The van der Waals surface area contributed by atoms with Crippen LogP contribution in [0.25, 0.3) is 11.5 Å². The Morgan fingerprint density at radius 1 is 1.11 bits per heavy atom. The van der Waals surface area contributed by atoms with Crippen molar-refractivity contribution in [3.63, 3.8) is 0 Å². The second-order valence-corrected chi connectivity index (χ2v) is 6.33. The number of pyridine rings is 1. The minimum atomic E-state index is -0.501. The molecule has 8 heteroatoms. The molecule has 2 heterocycles. The van der Waals surface area contributed by atoms with Crippen molar-refractivity contribution in [3.8, 4) is 17.3 Å². The number of ether oxygens (including phenoxy) is 1. The van der Waals surface area contributed by atoms with Crippen LogP contribution >= 0.6 is 11.6 Å². The first kappa shape index (κ1) is 17.9. The lowest BCUT2D eigenvalue weighted by atomic mass is 10.0. The van der Waals surface area contributed by atoms with Gasteiger partial charge in [-0.3, -0.25) is 14.6 Å². The Kier molecular flexibility index (Phi) is 4.67. The number of rotatable bonds is 5. The molecule has 0 unspecified atom stereocenters. The number of carbonyl (C=O) groups is 2. The van der Waals surface area contributed by atoms with Crippen LogP contribution in [0.15, 0.2) is 59.4 Å². The van der Waals surface area contributed by atoms with Crippen LogP contribution in [0.5, 0.6) is 5.75 Å². The van der Waals surface area contributed by atoms with Crippen LogP contribution in [-0.4, -0.2) is 33.1 Å². The van der Waals surface area contributed by atoms with Crippen molar-refractivity contribution in [2.24, 2.45) is 0 Å². The summed E-state index contributed by atoms with van der Waals surface area (Å²) in [5, 5.41) is 2.73.